The maximum absolute atomic E-state index is 5.67. The number of fused-ring (bicyclic) bond motifs is 2. The van der Waals surface area contributed by atoms with Gasteiger partial charge in [0.25, 0.3) is 0 Å². The van der Waals surface area contributed by atoms with Gasteiger partial charge in [-0.15, -0.1) is 0 Å². The van der Waals surface area contributed by atoms with E-state index in [9.17, 15) is 0 Å². The molecule has 1 heteroatoms. The molecule has 10 heavy (non-hydrogen) atoms. The zero-order valence-corrected chi connectivity index (χ0v) is 6.72. The molecule has 2 rings (SSSR count). The highest BCUT2D eigenvalue weighted by atomic mass is 14.6. The molecule has 0 amide bonds. The molecule has 0 radical (unpaired) electrons. The number of nitrogens with two attached hydrogens (primary N) is 1. The van der Waals surface area contributed by atoms with E-state index in [2.05, 4.69) is 6.92 Å². The predicted octanol–water partition coefficient (Wildman–Crippen LogP) is 1.63. The second-order valence-corrected chi connectivity index (χ2v) is 4.20. The summed E-state index contributed by atoms with van der Waals surface area (Å²) in [7, 11) is 0. The van der Waals surface area contributed by atoms with Gasteiger partial charge in [0.05, 0.1) is 0 Å². The summed E-state index contributed by atoms with van der Waals surface area (Å²) < 4.78 is 0. The topological polar surface area (TPSA) is 26.0 Å². The lowest BCUT2D eigenvalue weighted by Gasteiger charge is -2.23. The summed E-state index contributed by atoms with van der Waals surface area (Å²) >= 11 is 0. The van der Waals surface area contributed by atoms with Crippen LogP contribution in [-0.2, 0) is 0 Å². The highest BCUT2D eigenvalue weighted by Crippen LogP contribution is 2.50. The Hall–Kier alpha value is -0.0400. The lowest BCUT2D eigenvalue weighted by atomic mass is 9.83. The molecule has 2 N–H and O–H groups in total. The summed E-state index contributed by atoms with van der Waals surface area (Å²) in [5, 5.41) is 0. The lowest BCUT2D eigenvalue weighted by Crippen LogP contribution is -2.22. The van der Waals surface area contributed by atoms with Crippen molar-refractivity contribution < 1.29 is 0 Å². The molecule has 0 aliphatic heterocycles. The van der Waals surface area contributed by atoms with Crippen LogP contribution in [-0.4, -0.2) is 6.54 Å². The van der Waals surface area contributed by atoms with Crippen LogP contribution in [0, 0.1) is 23.7 Å². The number of hydrogen-bond acceptors (Lipinski definition) is 1. The van der Waals surface area contributed by atoms with Crippen molar-refractivity contribution in [3.05, 3.63) is 0 Å². The Balaban J connectivity index is 2.02. The molecule has 58 valence electrons. The average Bonchev–Trinajstić information content (AvgIpc) is 2.44. The van der Waals surface area contributed by atoms with Gasteiger partial charge in [-0.05, 0) is 49.5 Å². The smallest absolute Gasteiger partial charge is 0.00461 e. The second-order valence-electron chi connectivity index (χ2n) is 4.20. The van der Waals surface area contributed by atoms with E-state index in [1.165, 1.54) is 19.3 Å². The summed E-state index contributed by atoms with van der Waals surface area (Å²) in [6.07, 6.45) is 4.39. The molecule has 4 atom stereocenters. The monoisotopic (exact) mass is 139 g/mol. The molecule has 2 bridgehead atoms. The van der Waals surface area contributed by atoms with Crippen molar-refractivity contribution in [2.45, 2.75) is 26.2 Å². The van der Waals surface area contributed by atoms with E-state index in [4.69, 9.17) is 5.73 Å². The van der Waals surface area contributed by atoms with Crippen molar-refractivity contribution in [2.75, 3.05) is 6.54 Å². The highest BCUT2D eigenvalue weighted by Gasteiger charge is 2.42. The Labute approximate surface area is 63.0 Å². The van der Waals surface area contributed by atoms with Gasteiger partial charge in [0, 0.05) is 0 Å². The van der Waals surface area contributed by atoms with E-state index in [0.717, 1.165) is 30.2 Å². The minimum Gasteiger partial charge on any atom is -0.330 e. The zero-order valence-electron chi connectivity index (χ0n) is 6.72. The maximum Gasteiger partial charge on any atom is -0.00461 e. The molecule has 4 unspecified atom stereocenters. The Morgan fingerprint density at radius 3 is 2.40 bits per heavy atom. The second kappa shape index (κ2) is 2.23. The van der Waals surface area contributed by atoms with Gasteiger partial charge in [0.2, 0.25) is 0 Å². The van der Waals surface area contributed by atoms with Crippen molar-refractivity contribution >= 4 is 0 Å². The van der Waals surface area contributed by atoms with Gasteiger partial charge in [0.1, 0.15) is 0 Å². The molecular weight excluding hydrogens is 122 g/mol. The largest absolute Gasteiger partial charge is 0.330 e. The van der Waals surface area contributed by atoms with Crippen LogP contribution in [0.4, 0.5) is 0 Å². The standard InChI is InChI=1S/C9H17N/c1-6-2-8-3-7(6)4-9(8)5-10/h6-9H,2-5,10H2,1H3. The predicted molar refractivity (Wildman–Crippen MR) is 42.5 cm³/mol. The maximum atomic E-state index is 5.67. The van der Waals surface area contributed by atoms with Crippen LogP contribution in [0.15, 0.2) is 0 Å². The van der Waals surface area contributed by atoms with Crippen molar-refractivity contribution in [2.24, 2.45) is 29.4 Å². The fourth-order valence-corrected chi connectivity index (χ4v) is 2.97. The summed E-state index contributed by atoms with van der Waals surface area (Å²) in [4.78, 5) is 0. The Bertz CT molecular complexity index is 131. The van der Waals surface area contributed by atoms with Crippen LogP contribution < -0.4 is 5.73 Å². The Kier molecular flexibility index (Phi) is 1.48. The van der Waals surface area contributed by atoms with Crippen LogP contribution in [0.25, 0.3) is 0 Å². The summed E-state index contributed by atoms with van der Waals surface area (Å²) in [6.45, 7) is 3.34. The molecule has 0 aromatic carbocycles. The van der Waals surface area contributed by atoms with Crippen molar-refractivity contribution in [1.82, 2.24) is 0 Å². The van der Waals surface area contributed by atoms with Crippen LogP contribution in [0.5, 0.6) is 0 Å². The normalized spacial score (nSPS) is 52.2. The third kappa shape index (κ3) is 0.800. The fourth-order valence-electron chi connectivity index (χ4n) is 2.97. The lowest BCUT2D eigenvalue weighted by molar-refractivity contribution is 0.277. The quantitative estimate of drug-likeness (QED) is 0.587. The van der Waals surface area contributed by atoms with Crippen LogP contribution in [0.1, 0.15) is 26.2 Å². The molecule has 2 fully saturated rings. The molecule has 0 saturated heterocycles. The van der Waals surface area contributed by atoms with Crippen LogP contribution in [0.2, 0.25) is 0 Å². The van der Waals surface area contributed by atoms with E-state index in [1.54, 1.807) is 0 Å². The average molecular weight is 139 g/mol. The molecule has 0 spiro atoms. The highest BCUT2D eigenvalue weighted by molar-refractivity contribution is 4.93. The molecule has 2 saturated carbocycles. The van der Waals surface area contributed by atoms with Gasteiger partial charge >= 0.3 is 0 Å². The van der Waals surface area contributed by atoms with Gasteiger partial charge in [-0.1, -0.05) is 6.92 Å². The summed E-state index contributed by atoms with van der Waals surface area (Å²) in [5.41, 5.74) is 5.67. The van der Waals surface area contributed by atoms with E-state index < -0.39 is 0 Å². The van der Waals surface area contributed by atoms with Crippen LogP contribution in [0.3, 0.4) is 0 Å². The zero-order chi connectivity index (χ0) is 7.14. The van der Waals surface area contributed by atoms with Gasteiger partial charge in [-0.3, -0.25) is 0 Å². The first-order chi connectivity index (χ1) is 4.81. The van der Waals surface area contributed by atoms with E-state index in [0.29, 0.717) is 0 Å². The van der Waals surface area contributed by atoms with Crippen molar-refractivity contribution in [3.63, 3.8) is 0 Å². The molecule has 1 nitrogen and oxygen atoms in total. The molecule has 0 aromatic rings. The van der Waals surface area contributed by atoms with Crippen LogP contribution >= 0.6 is 0 Å². The van der Waals surface area contributed by atoms with Gasteiger partial charge in [-0.25, -0.2) is 0 Å². The van der Waals surface area contributed by atoms with Gasteiger partial charge in [-0.2, -0.15) is 0 Å². The first-order valence-corrected chi connectivity index (χ1v) is 4.51. The fraction of sp³-hybridized carbons (Fsp3) is 1.00. The third-order valence-corrected chi connectivity index (χ3v) is 3.66. The van der Waals surface area contributed by atoms with Crippen molar-refractivity contribution in [1.29, 1.82) is 0 Å². The molecule has 0 heterocycles. The molecule has 2 aliphatic rings. The van der Waals surface area contributed by atoms with Crippen molar-refractivity contribution in [3.8, 4) is 0 Å². The molecule has 2 aliphatic carbocycles. The first-order valence-electron chi connectivity index (χ1n) is 4.51. The molecule has 0 aromatic heterocycles. The van der Waals surface area contributed by atoms with E-state index in [1.807, 2.05) is 0 Å². The minimum atomic E-state index is 0.890. The third-order valence-electron chi connectivity index (χ3n) is 3.66. The minimum absolute atomic E-state index is 0.890. The van der Waals surface area contributed by atoms with E-state index in [-0.39, 0.29) is 0 Å². The SMILES string of the molecule is CC1CC2CC1CC2CN. The summed E-state index contributed by atoms with van der Waals surface area (Å²) in [5.74, 6) is 3.94. The Morgan fingerprint density at radius 2 is 2.00 bits per heavy atom. The number of rotatable bonds is 1. The summed E-state index contributed by atoms with van der Waals surface area (Å²) in [6, 6.07) is 0. The molecular formula is C9H17N. The number of hydrogen-bond donors (Lipinski definition) is 1. The van der Waals surface area contributed by atoms with Gasteiger partial charge < -0.3 is 5.73 Å². The van der Waals surface area contributed by atoms with Gasteiger partial charge in [0.15, 0.2) is 0 Å². The van der Waals surface area contributed by atoms with E-state index >= 15 is 0 Å². The Morgan fingerprint density at radius 1 is 1.20 bits per heavy atom. The first kappa shape index (κ1) is 6.66.